The molecule has 0 radical (unpaired) electrons. The first kappa shape index (κ1) is 13.1. The summed E-state index contributed by atoms with van der Waals surface area (Å²) in [6, 6.07) is 15.4. The van der Waals surface area contributed by atoms with Gasteiger partial charge >= 0.3 is 0 Å². The number of aliphatic imine (C=N–C) groups is 1. The van der Waals surface area contributed by atoms with E-state index in [9.17, 15) is 5.11 Å². The van der Waals surface area contributed by atoms with Crippen molar-refractivity contribution in [2.45, 2.75) is 13.0 Å². The van der Waals surface area contributed by atoms with Crippen LogP contribution in [-0.4, -0.2) is 18.4 Å². The zero-order chi connectivity index (χ0) is 13.7. The highest BCUT2D eigenvalue weighted by molar-refractivity contribution is 5.84. The van der Waals surface area contributed by atoms with E-state index in [1.54, 1.807) is 18.3 Å². The van der Waals surface area contributed by atoms with E-state index >= 15 is 0 Å². The summed E-state index contributed by atoms with van der Waals surface area (Å²) in [6.07, 6.45) is 1.68. The molecule has 0 saturated carbocycles. The molecule has 3 nitrogen and oxygen atoms in total. The van der Waals surface area contributed by atoms with E-state index in [0.717, 1.165) is 5.56 Å². The smallest absolute Gasteiger partial charge is 0.166 e. The van der Waals surface area contributed by atoms with E-state index < -0.39 is 0 Å². The molecule has 0 bridgehead atoms. The highest BCUT2D eigenvalue weighted by atomic mass is 16.5. The predicted octanol–water partition coefficient (Wildman–Crippen LogP) is 3.58. The minimum absolute atomic E-state index is 0.0480. The van der Waals surface area contributed by atoms with Crippen molar-refractivity contribution < 1.29 is 9.84 Å². The molecule has 0 heterocycles. The summed E-state index contributed by atoms with van der Waals surface area (Å²) in [7, 11) is 1.53. The zero-order valence-electron chi connectivity index (χ0n) is 11.1. The Bertz CT molecular complexity index is 564. The summed E-state index contributed by atoms with van der Waals surface area (Å²) >= 11 is 0. The molecule has 2 aromatic carbocycles. The summed E-state index contributed by atoms with van der Waals surface area (Å²) in [5, 5.41) is 9.96. The van der Waals surface area contributed by atoms with Crippen molar-refractivity contribution in [2.24, 2.45) is 4.99 Å². The highest BCUT2D eigenvalue weighted by Crippen LogP contribution is 2.28. The molecule has 2 aromatic rings. The van der Waals surface area contributed by atoms with E-state index in [-0.39, 0.29) is 11.8 Å². The Balaban J connectivity index is 2.19. The Morgan fingerprint density at radius 3 is 2.53 bits per heavy atom. The fourth-order valence-electron chi connectivity index (χ4n) is 1.82. The molecule has 19 heavy (non-hydrogen) atoms. The highest BCUT2D eigenvalue weighted by Gasteiger charge is 2.06. The number of ether oxygens (including phenoxy) is 1. The summed E-state index contributed by atoms with van der Waals surface area (Å²) in [6.45, 7) is 2.02. The lowest BCUT2D eigenvalue weighted by atomic mass is 10.1. The van der Waals surface area contributed by atoms with Gasteiger partial charge in [0.05, 0.1) is 13.2 Å². The Hall–Kier alpha value is -2.29. The minimum Gasteiger partial charge on any atom is -0.504 e. The first-order chi connectivity index (χ1) is 9.22. The molecule has 1 atom stereocenters. The fourth-order valence-corrected chi connectivity index (χ4v) is 1.82. The quantitative estimate of drug-likeness (QED) is 0.848. The number of hydrogen-bond acceptors (Lipinski definition) is 3. The van der Waals surface area contributed by atoms with Gasteiger partial charge < -0.3 is 9.84 Å². The second-order valence-electron chi connectivity index (χ2n) is 4.26. The van der Waals surface area contributed by atoms with Crippen molar-refractivity contribution in [1.82, 2.24) is 0 Å². The molecular weight excluding hydrogens is 238 g/mol. The molecule has 0 aliphatic heterocycles. The number of para-hydroxylation sites is 1. The van der Waals surface area contributed by atoms with Crippen LogP contribution in [-0.2, 0) is 0 Å². The third-order valence-corrected chi connectivity index (χ3v) is 2.97. The maximum Gasteiger partial charge on any atom is 0.166 e. The molecule has 1 N–H and O–H groups in total. The monoisotopic (exact) mass is 255 g/mol. The lowest BCUT2D eigenvalue weighted by Crippen LogP contribution is -1.92. The Kier molecular flexibility index (Phi) is 4.18. The number of aromatic hydroxyl groups is 1. The van der Waals surface area contributed by atoms with Gasteiger partial charge in [0, 0.05) is 11.8 Å². The van der Waals surface area contributed by atoms with Crippen molar-refractivity contribution in [3.05, 3.63) is 59.7 Å². The minimum atomic E-state index is 0.0480. The first-order valence-corrected chi connectivity index (χ1v) is 6.16. The SMILES string of the molecule is COc1cccc(C=N[C@@H](C)c2ccccc2)c1O. The molecule has 0 spiro atoms. The number of hydrogen-bond donors (Lipinski definition) is 1. The van der Waals surface area contributed by atoms with E-state index in [1.165, 1.54) is 7.11 Å². The van der Waals surface area contributed by atoms with Gasteiger partial charge in [0.1, 0.15) is 0 Å². The van der Waals surface area contributed by atoms with Gasteiger partial charge in [0.15, 0.2) is 11.5 Å². The Labute approximate surface area is 113 Å². The van der Waals surface area contributed by atoms with Crippen molar-refractivity contribution in [3.8, 4) is 11.5 Å². The summed E-state index contributed by atoms with van der Waals surface area (Å²) in [5.74, 6) is 0.574. The van der Waals surface area contributed by atoms with Gasteiger partial charge in [0.25, 0.3) is 0 Å². The fraction of sp³-hybridized carbons (Fsp3) is 0.188. The topological polar surface area (TPSA) is 41.8 Å². The van der Waals surface area contributed by atoms with Gasteiger partial charge in [0.2, 0.25) is 0 Å². The van der Waals surface area contributed by atoms with Gasteiger partial charge in [-0.05, 0) is 24.6 Å². The van der Waals surface area contributed by atoms with E-state index in [0.29, 0.717) is 11.3 Å². The zero-order valence-corrected chi connectivity index (χ0v) is 11.1. The standard InChI is InChI=1S/C16H17NO2/c1-12(13-7-4-3-5-8-13)17-11-14-9-6-10-15(19-2)16(14)18/h3-12,18H,1-2H3/t12-/m0/s1. The maximum atomic E-state index is 9.96. The second kappa shape index (κ2) is 6.05. The Morgan fingerprint density at radius 2 is 1.84 bits per heavy atom. The van der Waals surface area contributed by atoms with Crippen LogP contribution in [0.15, 0.2) is 53.5 Å². The van der Waals surface area contributed by atoms with Gasteiger partial charge in [-0.3, -0.25) is 4.99 Å². The molecule has 0 aromatic heterocycles. The van der Waals surface area contributed by atoms with Gasteiger partial charge in [-0.15, -0.1) is 0 Å². The molecule has 98 valence electrons. The average Bonchev–Trinajstić information content (AvgIpc) is 2.47. The van der Waals surface area contributed by atoms with E-state index in [4.69, 9.17) is 4.74 Å². The molecule has 2 rings (SSSR count). The van der Waals surface area contributed by atoms with Gasteiger partial charge in [-0.25, -0.2) is 0 Å². The second-order valence-corrected chi connectivity index (χ2v) is 4.26. The van der Waals surface area contributed by atoms with Crippen LogP contribution >= 0.6 is 0 Å². The average molecular weight is 255 g/mol. The van der Waals surface area contributed by atoms with Crippen LogP contribution in [0.2, 0.25) is 0 Å². The van der Waals surface area contributed by atoms with Crippen LogP contribution in [0.25, 0.3) is 0 Å². The number of nitrogens with zero attached hydrogens (tertiary/aromatic N) is 1. The molecule has 0 aliphatic rings. The number of phenolic OH excluding ortho intramolecular Hbond substituents is 1. The summed E-state index contributed by atoms with van der Waals surface area (Å²) in [5.41, 5.74) is 1.79. The molecule has 0 amide bonds. The molecule has 0 fully saturated rings. The predicted molar refractivity (Wildman–Crippen MR) is 77.1 cm³/mol. The maximum absolute atomic E-state index is 9.96. The lowest BCUT2D eigenvalue weighted by Gasteiger charge is -2.07. The van der Waals surface area contributed by atoms with Crippen molar-refractivity contribution >= 4 is 6.21 Å². The summed E-state index contributed by atoms with van der Waals surface area (Å²) < 4.78 is 5.07. The Morgan fingerprint density at radius 1 is 1.11 bits per heavy atom. The van der Waals surface area contributed by atoms with Gasteiger partial charge in [-0.2, -0.15) is 0 Å². The molecule has 0 saturated heterocycles. The largest absolute Gasteiger partial charge is 0.504 e. The lowest BCUT2D eigenvalue weighted by molar-refractivity contribution is 0.373. The third kappa shape index (κ3) is 3.13. The van der Waals surface area contributed by atoms with Crippen LogP contribution in [0.1, 0.15) is 24.1 Å². The van der Waals surface area contributed by atoms with Crippen molar-refractivity contribution in [3.63, 3.8) is 0 Å². The normalized spacial score (nSPS) is 12.5. The third-order valence-electron chi connectivity index (χ3n) is 2.97. The molecule has 0 aliphatic carbocycles. The van der Waals surface area contributed by atoms with Crippen molar-refractivity contribution in [1.29, 1.82) is 0 Å². The first-order valence-electron chi connectivity index (χ1n) is 6.16. The van der Waals surface area contributed by atoms with Crippen LogP contribution in [0.4, 0.5) is 0 Å². The number of rotatable bonds is 4. The molecule has 0 unspecified atom stereocenters. The van der Waals surface area contributed by atoms with Gasteiger partial charge in [-0.1, -0.05) is 36.4 Å². The van der Waals surface area contributed by atoms with Crippen LogP contribution < -0.4 is 4.74 Å². The number of methoxy groups -OCH3 is 1. The number of phenols is 1. The molecular formula is C16H17NO2. The van der Waals surface area contributed by atoms with E-state index in [2.05, 4.69) is 4.99 Å². The molecule has 3 heteroatoms. The van der Waals surface area contributed by atoms with Crippen LogP contribution in [0, 0.1) is 0 Å². The summed E-state index contributed by atoms with van der Waals surface area (Å²) in [4.78, 5) is 4.46. The van der Waals surface area contributed by atoms with Crippen LogP contribution in [0.3, 0.4) is 0 Å². The van der Waals surface area contributed by atoms with Crippen molar-refractivity contribution in [2.75, 3.05) is 7.11 Å². The van der Waals surface area contributed by atoms with Crippen LogP contribution in [0.5, 0.6) is 11.5 Å². The van der Waals surface area contributed by atoms with E-state index in [1.807, 2.05) is 43.3 Å². The number of benzene rings is 2.